The van der Waals surface area contributed by atoms with Gasteiger partial charge in [-0.3, -0.25) is 9.59 Å². The third-order valence-electron chi connectivity index (χ3n) is 3.88. The van der Waals surface area contributed by atoms with E-state index >= 15 is 0 Å². The van der Waals surface area contributed by atoms with Crippen LogP contribution in [-0.4, -0.2) is 18.4 Å². The summed E-state index contributed by atoms with van der Waals surface area (Å²) in [4.78, 5) is 25.5. The first-order chi connectivity index (χ1) is 11.9. The summed E-state index contributed by atoms with van der Waals surface area (Å²) < 4.78 is 0. The van der Waals surface area contributed by atoms with E-state index in [1.807, 2.05) is 31.2 Å². The molecular weight excluding hydrogens is 359 g/mol. The highest BCUT2D eigenvalue weighted by Crippen LogP contribution is 2.29. The zero-order valence-electron chi connectivity index (χ0n) is 14.2. The largest absolute Gasteiger partial charge is 0.352 e. The van der Waals surface area contributed by atoms with Crippen LogP contribution in [0.1, 0.15) is 24.5 Å². The second kappa shape index (κ2) is 8.88. The second-order valence-electron chi connectivity index (χ2n) is 5.72. The van der Waals surface area contributed by atoms with Crippen molar-refractivity contribution in [3.05, 3.63) is 63.6 Å². The van der Waals surface area contributed by atoms with E-state index in [-0.39, 0.29) is 24.8 Å². The molecule has 0 aliphatic carbocycles. The molecule has 0 bridgehead atoms. The molecule has 0 atom stereocenters. The molecule has 0 spiro atoms. The zero-order valence-corrected chi connectivity index (χ0v) is 15.7. The normalized spacial score (nSPS) is 10.4. The molecule has 0 fully saturated rings. The lowest BCUT2D eigenvalue weighted by Crippen LogP contribution is -2.34. The van der Waals surface area contributed by atoms with Crippen molar-refractivity contribution in [2.75, 3.05) is 11.4 Å². The topological polar surface area (TPSA) is 49.4 Å². The number of hydrogen-bond acceptors (Lipinski definition) is 2. The molecule has 0 aromatic heterocycles. The lowest BCUT2D eigenvalue weighted by Gasteiger charge is -2.22. The number of halogens is 2. The van der Waals surface area contributed by atoms with E-state index in [1.54, 1.807) is 18.2 Å². The van der Waals surface area contributed by atoms with Crippen molar-refractivity contribution in [3.8, 4) is 0 Å². The lowest BCUT2D eigenvalue weighted by atomic mass is 10.1. The Hall–Kier alpha value is -2.04. The van der Waals surface area contributed by atoms with Gasteiger partial charge < -0.3 is 10.2 Å². The summed E-state index contributed by atoms with van der Waals surface area (Å²) in [5, 5.41) is 3.77. The Morgan fingerprint density at radius 2 is 1.84 bits per heavy atom. The fourth-order valence-electron chi connectivity index (χ4n) is 2.44. The highest BCUT2D eigenvalue weighted by molar-refractivity contribution is 6.35. The van der Waals surface area contributed by atoms with Crippen LogP contribution in [0.5, 0.6) is 0 Å². The van der Waals surface area contributed by atoms with Crippen LogP contribution in [0.4, 0.5) is 5.69 Å². The van der Waals surface area contributed by atoms with Gasteiger partial charge in [-0.25, -0.2) is 0 Å². The zero-order chi connectivity index (χ0) is 18.4. The SMILES string of the molecule is CC(=O)N(CCC(=O)NCc1ccccc1C)c1cc(Cl)ccc1Cl. The quantitative estimate of drug-likeness (QED) is 0.811. The number of nitrogens with one attached hydrogen (secondary N) is 1. The minimum atomic E-state index is -0.198. The molecule has 6 heteroatoms. The number of rotatable bonds is 6. The van der Waals surface area contributed by atoms with Crippen molar-refractivity contribution >= 4 is 40.7 Å². The summed E-state index contributed by atoms with van der Waals surface area (Å²) in [6.07, 6.45) is 0.175. The molecule has 132 valence electrons. The van der Waals surface area contributed by atoms with Gasteiger partial charge in [0.25, 0.3) is 0 Å². The molecule has 0 saturated carbocycles. The van der Waals surface area contributed by atoms with Gasteiger partial charge in [0.1, 0.15) is 0 Å². The van der Waals surface area contributed by atoms with Crippen LogP contribution in [0.2, 0.25) is 10.0 Å². The molecule has 4 nitrogen and oxygen atoms in total. The smallest absolute Gasteiger partial charge is 0.223 e. The number of amides is 2. The fraction of sp³-hybridized carbons (Fsp3) is 0.263. The van der Waals surface area contributed by atoms with E-state index in [0.29, 0.717) is 22.3 Å². The fourth-order valence-corrected chi connectivity index (χ4v) is 2.83. The van der Waals surface area contributed by atoms with Crippen molar-refractivity contribution in [1.82, 2.24) is 5.32 Å². The van der Waals surface area contributed by atoms with E-state index in [1.165, 1.54) is 11.8 Å². The molecule has 0 heterocycles. The number of aryl methyl sites for hydroxylation is 1. The van der Waals surface area contributed by atoms with E-state index in [2.05, 4.69) is 5.32 Å². The summed E-state index contributed by atoms with van der Waals surface area (Å²) in [5.41, 5.74) is 2.70. The predicted octanol–water partition coefficient (Wildman–Crippen LogP) is 4.36. The second-order valence-corrected chi connectivity index (χ2v) is 6.56. The summed E-state index contributed by atoms with van der Waals surface area (Å²) in [7, 11) is 0. The van der Waals surface area contributed by atoms with E-state index in [9.17, 15) is 9.59 Å². The third kappa shape index (κ3) is 5.48. The molecule has 0 unspecified atom stereocenters. The van der Waals surface area contributed by atoms with Crippen LogP contribution < -0.4 is 10.2 Å². The van der Waals surface area contributed by atoms with E-state index in [0.717, 1.165) is 11.1 Å². The summed E-state index contributed by atoms with van der Waals surface area (Å²) in [6, 6.07) is 12.8. The standard InChI is InChI=1S/C19H20Cl2N2O2/c1-13-5-3-4-6-15(13)12-22-19(25)9-10-23(14(2)24)18-11-16(20)7-8-17(18)21/h3-8,11H,9-10,12H2,1-2H3,(H,22,25). The van der Waals surface area contributed by atoms with Crippen molar-refractivity contribution in [2.45, 2.75) is 26.8 Å². The van der Waals surface area contributed by atoms with Gasteiger partial charge in [-0.2, -0.15) is 0 Å². The number of nitrogens with zero attached hydrogens (tertiary/aromatic N) is 1. The highest BCUT2D eigenvalue weighted by Gasteiger charge is 2.16. The van der Waals surface area contributed by atoms with Crippen LogP contribution in [0, 0.1) is 6.92 Å². The average molecular weight is 379 g/mol. The first kappa shape index (κ1) is 19.3. The van der Waals surface area contributed by atoms with Crippen molar-refractivity contribution in [1.29, 1.82) is 0 Å². The Balaban J connectivity index is 1.97. The van der Waals surface area contributed by atoms with Gasteiger partial charge >= 0.3 is 0 Å². The Labute approximate surface area is 157 Å². The number of anilines is 1. The van der Waals surface area contributed by atoms with Crippen molar-refractivity contribution < 1.29 is 9.59 Å². The average Bonchev–Trinajstić information content (AvgIpc) is 2.57. The number of carbonyl (C=O) groups is 2. The molecule has 0 aliphatic rings. The minimum Gasteiger partial charge on any atom is -0.352 e. The van der Waals surface area contributed by atoms with E-state index in [4.69, 9.17) is 23.2 Å². The number of benzene rings is 2. The van der Waals surface area contributed by atoms with Crippen LogP contribution >= 0.6 is 23.2 Å². The molecule has 0 radical (unpaired) electrons. The number of carbonyl (C=O) groups excluding carboxylic acids is 2. The Kier molecular flexibility index (Phi) is 6.85. The molecule has 2 aromatic rings. The van der Waals surface area contributed by atoms with Crippen LogP contribution in [0.15, 0.2) is 42.5 Å². The molecule has 25 heavy (non-hydrogen) atoms. The first-order valence-corrected chi connectivity index (χ1v) is 8.68. The molecule has 2 amide bonds. The van der Waals surface area contributed by atoms with Crippen LogP contribution in [0.25, 0.3) is 0 Å². The Morgan fingerprint density at radius 3 is 2.52 bits per heavy atom. The maximum Gasteiger partial charge on any atom is 0.223 e. The molecule has 0 aliphatic heterocycles. The molecular formula is C19H20Cl2N2O2. The van der Waals surface area contributed by atoms with Gasteiger partial charge in [-0.05, 0) is 36.2 Å². The molecule has 1 N–H and O–H groups in total. The summed E-state index contributed by atoms with van der Waals surface area (Å²) in [5.74, 6) is -0.330. The van der Waals surface area contributed by atoms with Gasteiger partial charge in [0.15, 0.2) is 0 Å². The van der Waals surface area contributed by atoms with Gasteiger partial charge in [-0.15, -0.1) is 0 Å². The van der Waals surface area contributed by atoms with Crippen LogP contribution in [-0.2, 0) is 16.1 Å². The monoisotopic (exact) mass is 378 g/mol. The Bertz CT molecular complexity index is 778. The highest BCUT2D eigenvalue weighted by atomic mass is 35.5. The molecule has 2 rings (SSSR count). The van der Waals surface area contributed by atoms with Gasteiger partial charge in [0.05, 0.1) is 10.7 Å². The van der Waals surface area contributed by atoms with Crippen molar-refractivity contribution in [3.63, 3.8) is 0 Å². The minimum absolute atomic E-state index is 0.132. The van der Waals surface area contributed by atoms with Crippen molar-refractivity contribution in [2.24, 2.45) is 0 Å². The van der Waals surface area contributed by atoms with E-state index < -0.39 is 0 Å². The summed E-state index contributed by atoms with van der Waals surface area (Å²) >= 11 is 12.1. The van der Waals surface area contributed by atoms with Gasteiger partial charge in [0, 0.05) is 31.5 Å². The maximum absolute atomic E-state index is 12.1. The van der Waals surface area contributed by atoms with Crippen LogP contribution in [0.3, 0.4) is 0 Å². The Morgan fingerprint density at radius 1 is 1.12 bits per heavy atom. The molecule has 2 aromatic carbocycles. The molecule has 0 saturated heterocycles. The number of hydrogen-bond donors (Lipinski definition) is 1. The first-order valence-electron chi connectivity index (χ1n) is 7.93. The lowest BCUT2D eigenvalue weighted by molar-refractivity contribution is -0.121. The third-order valence-corrected chi connectivity index (χ3v) is 4.43. The van der Waals surface area contributed by atoms with Gasteiger partial charge in [0.2, 0.25) is 11.8 Å². The maximum atomic E-state index is 12.1. The summed E-state index contributed by atoms with van der Waals surface area (Å²) in [6.45, 7) is 4.13. The predicted molar refractivity (Wildman–Crippen MR) is 102 cm³/mol. The van der Waals surface area contributed by atoms with Gasteiger partial charge in [-0.1, -0.05) is 47.5 Å².